The Morgan fingerprint density at radius 3 is 2.10 bits per heavy atom. The van der Waals surface area contributed by atoms with E-state index in [1.165, 1.54) is 34.4 Å². The average molecular weight is 765 g/mol. The van der Waals surface area contributed by atoms with Gasteiger partial charge in [0.05, 0.1) is 11.3 Å². The molecule has 58 heavy (non-hydrogen) atoms. The fourth-order valence-corrected chi connectivity index (χ4v) is 8.96. The Labute approximate surface area is 340 Å². The predicted octanol–water partition coefficient (Wildman–Crippen LogP) is 12.0. The molecule has 290 valence electrons. The molecular weight excluding hydrogens is 717 g/mol. The summed E-state index contributed by atoms with van der Waals surface area (Å²) in [6, 6.07) is 34.7. The van der Waals surface area contributed by atoms with Crippen LogP contribution >= 0.6 is 0 Å². The highest BCUT2D eigenvalue weighted by Gasteiger charge is 2.38. The van der Waals surface area contributed by atoms with Gasteiger partial charge >= 0.3 is 5.97 Å². The average Bonchev–Trinajstić information content (AvgIpc) is 3.20. The number of allylic oxidation sites excluding steroid dienone is 5. The number of carbonyl (C=O) groups is 3. The molecule has 0 atom stereocenters. The van der Waals surface area contributed by atoms with Gasteiger partial charge in [-0.05, 0) is 128 Å². The number of carboxylic acids is 1. The fourth-order valence-electron chi connectivity index (χ4n) is 8.96. The van der Waals surface area contributed by atoms with Crippen LogP contribution < -0.4 is 9.80 Å². The van der Waals surface area contributed by atoms with Gasteiger partial charge in [0, 0.05) is 43.3 Å². The zero-order valence-electron chi connectivity index (χ0n) is 34.2. The van der Waals surface area contributed by atoms with Crippen molar-refractivity contribution in [1.29, 1.82) is 0 Å². The monoisotopic (exact) mass is 764 g/mol. The number of hydrogen-bond acceptors (Lipinski definition) is 4. The van der Waals surface area contributed by atoms with E-state index in [0.717, 1.165) is 56.9 Å². The van der Waals surface area contributed by atoms with Gasteiger partial charge in [-0.2, -0.15) is 0 Å². The lowest BCUT2D eigenvalue weighted by atomic mass is 9.64. The first-order chi connectivity index (χ1) is 27.6. The first-order valence-electron chi connectivity index (χ1n) is 19.8. The van der Waals surface area contributed by atoms with E-state index in [0.29, 0.717) is 16.7 Å². The van der Waals surface area contributed by atoms with E-state index < -0.39 is 5.97 Å². The van der Waals surface area contributed by atoms with Gasteiger partial charge in [-0.15, -0.1) is 0 Å². The molecular formula is C52H48N2O4. The maximum Gasteiger partial charge on any atom is 0.335 e. The summed E-state index contributed by atoms with van der Waals surface area (Å²) in [4.78, 5) is 44.2. The van der Waals surface area contributed by atoms with Crippen LogP contribution in [0, 0.1) is 5.41 Å². The van der Waals surface area contributed by atoms with Crippen molar-refractivity contribution in [2.24, 2.45) is 5.41 Å². The lowest BCUT2D eigenvalue weighted by Crippen LogP contribution is -2.30. The highest BCUT2D eigenvalue weighted by molar-refractivity contribution is 6.20. The number of ketones is 1. The summed E-state index contributed by atoms with van der Waals surface area (Å²) in [7, 11) is 5.82. The minimum absolute atomic E-state index is 0.0905. The molecule has 0 spiro atoms. The Balaban J connectivity index is 1.34. The number of amides is 1. The van der Waals surface area contributed by atoms with Crippen LogP contribution in [-0.4, -0.2) is 43.9 Å². The molecule has 0 aliphatic heterocycles. The van der Waals surface area contributed by atoms with Gasteiger partial charge in [0.1, 0.15) is 0 Å². The number of nitrogens with zero attached hydrogens (tertiary/aromatic N) is 2. The van der Waals surface area contributed by atoms with Crippen molar-refractivity contribution < 1.29 is 19.5 Å². The van der Waals surface area contributed by atoms with Crippen molar-refractivity contribution in [3.63, 3.8) is 0 Å². The van der Waals surface area contributed by atoms with E-state index in [2.05, 4.69) is 64.1 Å². The van der Waals surface area contributed by atoms with Crippen LogP contribution in [0.1, 0.15) is 88.3 Å². The molecule has 2 aliphatic rings. The Kier molecular flexibility index (Phi) is 9.55. The summed E-state index contributed by atoms with van der Waals surface area (Å²) in [5.41, 5.74) is 10.5. The minimum atomic E-state index is -1.00. The minimum Gasteiger partial charge on any atom is -0.478 e. The maximum absolute atomic E-state index is 14.6. The van der Waals surface area contributed by atoms with Crippen molar-refractivity contribution in [2.75, 3.05) is 30.9 Å². The number of carboxylic acid groups (broad SMARTS) is 1. The first-order valence-corrected chi connectivity index (χ1v) is 19.8. The van der Waals surface area contributed by atoms with Crippen LogP contribution in [-0.2, 0) is 5.41 Å². The summed E-state index contributed by atoms with van der Waals surface area (Å²) in [5, 5.41) is 13.2. The second-order valence-corrected chi connectivity index (χ2v) is 17.3. The largest absolute Gasteiger partial charge is 0.478 e. The third-order valence-electron chi connectivity index (χ3n) is 11.8. The number of hydrogen-bond donors (Lipinski definition) is 1. The van der Waals surface area contributed by atoms with Crippen LogP contribution in [0.25, 0.3) is 44.3 Å². The fraction of sp³-hybridized carbons (Fsp3) is 0.212. The Morgan fingerprint density at radius 2 is 1.40 bits per heavy atom. The van der Waals surface area contributed by atoms with E-state index >= 15 is 0 Å². The molecule has 8 rings (SSSR count). The van der Waals surface area contributed by atoms with Crippen molar-refractivity contribution in [1.82, 2.24) is 0 Å². The SMILES string of the molecule is CN(C)c1ccc(C(=O)N(C)c2cc(-c3ccc4ccccc4c3C(=O)C=Cc3ccc(C(=O)O)cc3)cc3ccc4c(c23)C(C)(C)CC2=C4C=CC(C)(C)C2)cc1. The number of rotatable bonds is 8. The van der Waals surface area contributed by atoms with Gasteiger partial charge in [0.2, 0.25) is 0 Å². The summed E-state index contributed by atoms with van der Waals surface area (Å²) < 4.78 is 0. The molecule has 1 amide bonds. The smallest absolute Gasteiger partial charge is 0.335 e. The summed E-state index contributed by atoms with van der Waals surface area (Å²) in [6.07, 6.45) is 9.83. The highest BCUT2D eigenvalue weighted by Crippen LogP contribution is 2.53. The zero-order valence-corrected chi connectivity index (χ0v) is 34.2. The molecule has 6 aromatic carbocycles. The molecule has 0 bridgehead atoms. The van der Waals surface area contributed by atoms with E-state index in [4.69, 9.17) is 0 Å². The number of fused-ring (bicyclic) bond motifs is 5. The molecule has 0 saturated heterocycles. The molecule has 0 unspecified atom stereocenters. The molecule has 6 nitrogen and oxygen atoms in total. The summed E-state index contributed by atoms with van der Waals surface area (Å²) >= 11 is 0. The van der Waals surface area contributed by atoms with Crippen LogP contribution in [0.5, 0.6) is 0 Å². The van der Waals surface area contributed by atoms with Gasteiger partial charge in [0.15, 0.2) is 5.78 Å². The van der Waals surface area contributed by atoms with Crippen molar-refractivity contribution in [2.45, 2.75) is 46.0 Å². The summed E-state index contributed by atoms with van der Waals surface area (Å²) in [6.45, 7) is 9.23. The molecule has 0 saturated carbocycles. The molecule has 0 fully saturated rings. The maximum atomic E-state index is 14.6. The standard InChI is InChI=1S/C52H48N2O4/c1-51(2)27-26-40-38(30-51)31-52(3,4)48-43(40)24-20-36-28-37(29-44(46(36)48)54(7)49(56)34-17-21-39(22-18-34)53(5)6)42-23-19-33-10-8-9-11-41(33)47(42)45(55)25-14-32-12-15-35(16-13-32)50(57)58/h8-29H,30-31H2,1-7H3,(H,57,58). The Morgan fingerprint density at radius 1 is 0.724 bits per heavy atom. The van der Waals surface area contributed by atoms with Gasteiger partial charge in [-0.3, -0.25) is 9.59 Å². The van der Waals surface area contributed by atoms with Crippen LogP contribution in [0.3, 0.4) is 0 Å². The summed E-state index contributed by atoms with van der Waals surface area (Å²) in [5.74, 6) is -1.31. The van der Waals surface area contributed by atoms with E-state index in [9.17, 15) is 19.5 Å². The molecule has 1 N–H and O–H groups in total. The molecule has 0 radical (unpaired) electrons. The number of aromatic carboxylic acids is 1. The van der Waals surface area contributed by atoms with E-state index in [-0.39, 0.29) is 28.1 Å². The van der Waals surface area contributed by atoms with Gasteiger partial charge in [-0.25, -0.2) is 4.79 Å². The van der Waals surface area contributed by atoms with Crippen molar-refractivity contribution in [3.05, 3.63) is 166 Å². The van der Waals surface area contributed by atoms with Gasteiger partial charge < -0.3 is 14.9 Å². The van der Waals surface area contributed by atoms with E-state index in [1.54, 1.807) is 29.2 Å². The molecule has 6 aromatic rings. The topological polar surface area (TPSA) is 77.9 Å². The van der Waals surface area contributed by atoms with Crippen LogP contribution in [0.4, 0.5) is 11.4 Å². The molecule has 0 aromatic heterocycles. The number of anilines is 2. The highest BCUT2D eigenvalue weighted by atomic mass is 16.4. The quantitative estimate of drug-likeness (QED) is 0.123. The van der Waals surface area contributed by atoms with Gasteiger partial charge in [0.25, 0.3) is 5.91 Å². The molecule has 0 heterocycles. The van der Waals surface area contributed by atoms with Gasteiger partial charge in [-0.1, -0.05) is 112 Å². The number of carbonyl (C=O) groups excluding carboxylic acids is 2. The third kappa shape index (κ3) is 6.93. The second kappa shape index (κ2) is 14.4. The Hall–Kier alpha value is -6.53. The van der Waals surface area contributed by atoms with E-state index in [1.807, 2.05) is 86.7 Å². The second-order valence-electron chi connectivity index (χ2n) is 17.3. The van der Waals surface area contributed by atoms with Crippen molar-refractivity contribution in [3.8, 4) is 11.1 Å². The molecule has 2 aliphatic carbocycles. The third-order valence-corrected chi connectivity index (χ3v) is 11.8. The Bertz CT molecular complexity index is 2760. The van der Waals surface area contributed by atoms with Crippen molar-refractivity contribution >= 4 is 62.2 Å². The molecule has 6 heteroatoms. The normalized spacial score (nSPS) is 15.4. The zero-order chi connectivity index (χ0) is 41.1. The first kappa shape index (κ1) is 38.3. The lowest BCUT2D eigenvalue weighted by Gasteiger charge is -2.41. The predicted molar refractivity (Wildman–Crippen MR) is 239 cm³/mol. The van der Waals surface area contributed by atoms with Crippen LogP contribution in [0.15, 0.2) is 133 Å². The lowest BCUT2D eigenvalue weighted by molar-refractivity contribution is 0.0696. The van der Waals surface area contributed by atoms with Crippen LogP contribution in [0.2, 0.25) is 0 Å². The number of benzene rings is 6.